The molecule has 0 saturated carbocycles. The van der Waals surface area contributed by atoms with Crippen molar-refractivity contribution in [2.75, 3.05) is 30.8 Å². The van der Waals surface area contributed by atoms with Crippen LogP contribution in [0.1, 0.15) is 24.8 Å². The van der Waals surface area contributed by atoms with Gasteiger partial charge in [0, 0.05) is 32.3 Å². The van der Waals surface area contributed by atoms with Gasteiger partial charge < -0.3 is 0 Å². The Labute approximate surface area is 163 Å². The van der Waals surface area contributed by atoms with E-state index in [0.29, 0.717) is 31.2 Å². The van der Waals surface area contributed by atoms with Crippen LogP contribution in [0, 0.1) is 5.92 Å². The lowest BCUT2D eigenvalue weighted by Gasteiger charge is -2.30. The largest absolute Gasteiger partial charge is 0.328 e. The molecule has 2 aliphatic rings. The molecule has 0 bridgehead atoms. The summed E-state index contributed by atoms with van der Waals surface area (Å²) in [4.78, 5) is 25.1. The van der Waals surface area contributed by atoms with Crippen molar-refractivity contribution in [3.8, 4) is 0 Å². The Kier molecular flexibility index (Phi) is 4.84. The van der Waals surface area contributed by atoms with E-state index in [-0.39, 0.29) is 12.3 Å². The van der Waals surface area contributed by atoms with Gasteiger partial charge in [0.05, 0.1) is 23.7 Å². The highest BCUT2D eigenvalue weighted by molar-refractivity contribution is 7.88. The lowest BCUT2D eigenvalue weighted by molar-refractivity contribution is -0.120. The minimum absolute atomic E-state index is 0.265. The summed E-state index contributed by atoms with van der Waals surface area (Å²) in [6.07, 6.45) is 7.55. The van der Waals surface area contributed by atoms with E-state index >= 15 is 0 Å². The minimum atomic E-state index is -3.12. The highest BCUT2D eigenvalue weighted by Gasteiger charge is 2.27. The van der Waals surface area contributed by atoms with Gasteiger partial charge in [-0.05, 0) is 42.9 Å². The fourth-order valence-corrected chi connectivity index (χ4v) is 4.79. The van der Waals surface area contributed by atoms with E-state index in [2.05, 4.69) is 10.4 Å². The number of carbonyl (C=O) groups excluding carboxylic acids is 2. The van der Waals surface area contributed by atoms with Crippen molar-refractivity contribution >= 4 is 33.2 Å². The van der Waals surface area contributed by atoms with Crippen LogP contribution in [0.5, 0.6) is 0 Å². The number of hydrogen-bond acceptors (Lipinski definition) is 5. The van der Waals surface area contributed by atoms with Crippen LogP contribution in [0.25, 0.3) is 5.52 Å². The summed E-state index contributed by atoms with van der Waals surface area (Å²) in [5.74, 6) is 0.154. The molecule has 0 aromatic carbocycles. The van der Waals surface area contributed by atoms with Crippen molar-refractivity contribution in [1.82, 2.24) is 19.2 Å². The number of rotatable bonds is 4. The van der Waals surface area contributed by atoms with Gasteiger partial charge in [0.25, 0.3) is 0 Å². The van der Waals surface area contributed by atoms with Gasteiger partial charge in [-0.15, -0.1) is 0 Å². The molecule has 1 N–H and O–H groups in total. The van der Waals surface area contributed by atoms with E-state index in [1.807, 2.05) is 18.3 Å². The van der Waals surface area contributed by atoms with Crippen LogP contribution < -0.4 is 10.2 Å². The molecule has 0 atom stereocenters. The maximum atomic E-state index is 12.2. The van der Waals surface area contributed by atoms with Crippen molar-refractivity contribution in [2.45, 2.75) is 25.7 Å². The van der Waals surface area contributed by atoms with Gasteiger partial charge in [0.2, 0.25) is 15.9 Å². The number of fused-ring (bicyclic) bond motifs is 1. The average Bonchev–Trinajstić information content (AvgIpc) is 3.04. The van der Waals surface area contributed by atoms with Crippen LogP contribution in [0.2, 0.25) is 0 Å². The molecule has 4 rings (SSSR count). The predicted octanol–water partition coefficient (Wildman–Crippen LogP) is 0.995. The van der Waals surface area contributed by atoms with Crippen LogP contribution in [0.4, 0.5) is 10.5 Å². The second kappa shape index (κ2) is 7.17. The zero-order valence-electron chi connectivity index (χ0n) is 15.7. The number of sulfonamides is 1. The van der Waals surface area contributed by atoms with Crippen LogP contribution in [-0.2, 0) is 21.2 Å². The van der Waals surface area contributed by atoms with Crippen molar-refractivity contribution in [3.05, 3.63) is 30.1 Å². The van der Waals surface area contributed by atoms with Gasteiger partial charge in [0.15, 0.2) is 0 Å². The number of hydrogen-bond donors (Lipinski definition) is 1. The summed E-state index contributed by atoms with van der Waals surface area (Å²) < 4.78 is 26.6. The lowest BCUT2D eigenvalue weighted by Crippen LogP contribution is -2.49. The SMILES string of the molecule is CS(=O)(=O)N1CCC(Cc2ccn3ncc(N4CCC(=O)NC4=O)c3c2)CC1. The maximum Gasteiger partial charge on any atom is 0.328 e. The Morgan fingerprint density at radius 3 is 2.64 bits per heavy atom. The molecule has 4 heterocycles. The summed E-state index contributed by atoms with van der Waals surface area (Å²) >= 11 is 0. The predicted molar refractivity (Wildman–Crippen MR) is 104 cm³/mol. The summed E-state index contributed by atoms with van der Waals surface area (Å²) in [6, 6.07) is 3.60. The third kappa shape index (κ3) is 3.74. The molecule has 3 amide bonds. The van der Waals surface area contributed by atoms with E-state index in [4.69, 9.17) is 0 Å². The molecule has 9 nitrogen and oxygen atoms in total. The Bertz CT molecular complexity index is 1020. The Morgan fingerprint density at radius 2 is 1.96 bits per heavy atom. The first-order valence-corrected chi connectivity index (χ1v) is 11.2. The number of nitrogens with one attached hydrogen (secondary N) is 1. The zero-order valence-corrected chi connectivity index (χ0v) is 16.5. The summed E-state index contributed by atoms with van der Waals surface area (Å²) in [7, 11) is -3.12. The summed E-state index contributed by atoms with van der Waals surface area (Å²) in [6.45, 7) is 1.46. The number of amides is 3. The topological polar surface area (TPSA) is 104 Å². The monoisotopic (exact) mass is 405 g/mol. The molecule has 10 heteroatoms. The van der Waals surface area contributed by atoms with Crippen molar-refractivity contribution < 1.29 is 18.0 Å². The van der Waals surface area contributed by atoms with Gasteiger partial charge in [-0.2, -0.15) is 5.10 Å². The van der Waals surface area contributed by atoms with Gasteiger partial charge in [-0.25, -0.2) is 22.0 Å². The van der Waals surface area contributed by atoms with Crippen LogP contribution in [0.3, 0.4) is 0 Å². The number of anilines is 1. The molecule has 2 aliphatic heterocycles. The normalized spacial score (nSPS) is 20.0. The zero-order chi connectivity index (χ0) is 19.9. The summed E-state index contributed by atoms with van der Waals surface area (Å²) in [5.41, 5.74) is 2.62. The first-order valence-electron chi connectivity index (χ1n) is 9.34. The molecule has 2 saturated heterocycles. The smallest absolute Gasteiger partial charge is 0.290 e. The molecular formula is C18H23N5O4S. The Hall–Kier alpha value is -2.46. The maximum absolute atomic E-state index is 12.2. The lowest BCUT2D eigenvalue weighted by atomic mass is 9.91. The number of aromatic nitrogens is 2. The fourth-order valence-electron chi connectivity index (χ4n) is 3.92. The van der Waals surface area contributed by atoms with E-state index in [0.717, 1.165) is 30.3 Å². The quantitative estimate of drug-likeness (QED) is 0.817. The molecule has 2 fully saturated rings. The molecule has 2 aromatic rings. The van der Waals surface area contributed by atoms with Gasteiger partial charge >= 0.3 is 6.03 Å². The van der Waals surface area contributed by atoms with Crippen LogP contribution in [-0.4, -0.2) is 60.2 Å². The first kappa shape index (κ1) is 18.9. The highest BCUT2D eigenvalue weighted by atomic mass is 32.2. The number of carbonyl (C=O) groups is 2. The number of nitrogens with zero attached hydrogens (tertiary/aromatic N) is 4. The highest BCUT2D eigenvalue weighted by Crippen LogP contribution is 2.27. The summed E-state index contributed by atoms with van der Waals surface area (Å²) in [5, 5.41) is 6.65. The van der Waals surface area contributed by atoms with Gasteiger partial charge in [-0.3, -0.25) is 15.0 Å². The average molecular weight is 405 g/mol. The molecule has 0 radical (unpaired) electrons. The van der Waals surface area contributed by atoms with Crippen LogP contribution in [0.15, 0.2) is 24.5 Å². The second-order valence-corrected chi connectivity index (χ2v) is 9.44. The molecular weight excluding hydrogens is 382 g/mol. The third-order valence-electron chi connectivity index (χ3n) is 5.48. The Morgan fingerprint density at radius 1 is 1.21 bits per heavy atom. The van der Waals surface area contributed by atoms with E-state index in [9.17, 15) is 18.0 Å². The molecule has 2 aromatic heterocycles. The second-order valence-electron chi connectivity index (χ2n) is 7.46. The number of imide groups is 1. The van der Waals surface area contributed by atoms with Crippen molar-refractivity contribution in [1.29, 1.82) is 0 Å². The molecule has 0 aliphatic carbocycles. The number of pyridine rings is 1. The number of urea groups is 1. The fraction of sp³-hybridized carbons (Fsp3) is 0.500. The number of piperidine rings is 1. The van der Waals surface area contributed by atoms with E-state index in [1.165, 1.54) is 15.5 Å². The van der Waals surface area contributed by atoms with Crippen LogP contribution >= 0.6 is 0 Å². The first-order chi connectivity index (χ1) is 13.3. The van der Waals surface area contributed by atoms with Gasteiger partial charge in [-0.1, -0.05) is 0 Å². The minimum Gasteiger partial charge on any atom is -0.290 e. The standard InChI is InChI=1S/C18H23N5O4S/c1-28(26,27)21-6-2-13(3-7-21)10-14-4-9-23-15(11-14)16(12-19-23)22-8-5-17(24)20-18(22)25/h4,9,11-13H,2-3,5-8,10H2,1H3,(H,20,24,25). The van der Waals surface area contributed by atoms with Crippen molar-refractivity contribution in [2.24, 2.45) is 5.92 Å². The molecule has 0 spiro atoms. The van der Waals surface area contributed by atoms with Gasteiger partial charge in [0.1, 0.15) is 0 Å². The Balaban J connectivity index is 1.51. The van der Waals surface area contributed by atoms with E-state index in [1.54, 1.807) is 10.7 Å². The third-order valence-corrected chi connectivity index (χ3v) is 6.78. The van der Waals surface area contributed by atoms with E-state index < -0.39 is 16.1 Å². The molecule has 150 valence electrons. The molecule has 0 unspecified atom stereocenters. The van der Waals surface area contributed by atoms with Crippen molar-refractivity contribution in [3.63, 3.8) is 0 Å². The molecule has 28 heavy (non-hydrogen) atoms.